The number of carbonyl (C=O) groups excluding carboxylic acids is 2. The molecule has 0 atom stereocenters. The second kappa shape index (κ2) is 7.87. The van der Waals surface area contributed by atoms with Crippen molar-refractivity contribution in [2.75, 3.05) is 20.3 Å². The standard InChI is InChI=1S/C16H17NO6S/c1-3-23-11-5-4-10(8-12(11)22-2)9-13-15(20)17(16(21)24-13)7-6-14(18)19/h4-5,8-9H,3,6-7H2,1-2H3,(H,18,19). The fourth-order valence-electron chi connectivity index (χ4n) is 2.10. The number of carboxylic acid groups (broad SMARTS) is 1. The molecule has 1 aromatic carbocycles. The van der Waals surface area contributed by atoms with E-state index in [1.54, 1.807) is 24.3 Å². The van der Waals surface area contributed by atoms with E-state index < -0.39 is 17.1 Å². The summed E-state index contributed by atoms with van der Waals surface area (Å²) in [6, 6.07) is 5.18. The Morgan fingerprint density at radius 1 is 1.33 bits per heavy atom. The van der Waals surface area contributed by atoms with E-state index in [0.29, 0.717) is 23.7 Å². The third-order valence-electron chi connectivity index (χ3n) is 3.21. The summed E-state index contributed by atoms with van der Waals surface area (Å²) in [6.07, 6.45) is 1.30. The van der Waals surface area contributed by atoms with Crippen LogP contribution in [-0.4, -0.2) is 47.4 Å². The number of nitrogens with zero attached hydrogens (tertiary/aromatic N) is 1. The van der Waals surface area contributed by atoms with Crippen molar-refractivity contribution in [3.8, 4) is 11.5 Å². The molecule has 1 aliphatic rings. The van der Waals surface area contributed by atoms with Crippen LogP contribution in [0.1, 0.15) is 18.9 Å². The van der Waals surface area contributed by atoms with Crippen molar-refractivity contribution in [2.45, 2.75) is 13.3 Å². The van der Waals surface area contributed by atoms with Crippen LogP contribution >= 0.6 is 11.8 Å². The molecule has 1 saturated heterocycles. The van der Waals surface area contributed by atoms with Gasteiger partial charge in [0.2, 0.25) is 0 Å². The van der Waals surface area contributed by atoms with Crippen LogP contribution in [0.25, 0.3) is 6.08 Å². The lowest BCUT2D eigenvalue weighted by Crippen LogP contribution is -2.30. The second-order valence-corrected chi connectivity index (χ2v) is 5.81. The van der Waals surface area contributed by atoms with Gasteiger partial charge in [-0.1, -0.05) is 6.07 Å². The molecule has 128 valence electrons. The molecular formula is C16H17NO6S. The highest BCUT2D eigenvalue weighted by Crippen LogP contribution is 2.34. The molecule has 0 saturated carbocycles. The number of methoxy groups -OCH3 is 1. The Kier molecular flexibility index (Phi) is 5.86. The molecule has 2 rings (SSSR count). The van der Waals surface area contributed by atoms with Crippen LogP contribution in [-0.2, 0) is 9.59 Å². The lowest BCUT2D eigenvalue weighted by atomic mass is 10.2. The summed E-state index contributed by atoms with van der Waals surface area (Å²) in [6.45, 7) is 2.22. The van der Waals surface area contributed by atoms with Gasteiger partial charge < -0.3 is 14.6 Å². The summed E-state index contributed by atoms with van der Waals surface area (Å²) in [4.78, 5) is 35.9. The molecule has 0 radical (unpaired) electrons. The molecule has 1 N–H and O–H groups in total. The Bertz CT molecular complexity index is 700. The lowest BCUT2D eigenvalue weighted by molar-refractivity contribution is -0.137. The predicted molar refractivity (Wildman–Crippen MR) is 89.1 cm³/mol. The normalized spacial score (nSPS) is 15.9. The van der Waals surface area contributed by atoms with Crippen molar-refractivity contribution >= 4 is 35.0 Å². The average Bonchev–Trinajstić information content (AvgIpc) is 2.80. The number of rotatable bonds is 7. The highest BCUT2D eigenvalue weighted by molar-refractivity contribution is 8.18. The molecule has 1 fully saturated rings. The smallest absolute Gasteiger partial charge is 0.305 e. The summed E-state index contributed by atoms with van der Waals surface area (Å²) >= 11 is 0.790. The van der Waals surface area contributed by atoms with Crippen molar-refractivity contribution in [2.24, 2.45) is 0 Å². The first-order chi connectivity index (χ1) is 11.5. The first-order valence-electron chi connectivity index (χ1n) is 7.24. The van der Waals surface area contributed by atoms with Crippen LogP contribution in [0.15, 0.2) is 23.1 Å². The number of carbonyl (C=O) groups is 3. The fraction of sp³-hybridized carbons (Fsp3) is 0.312. The predicted octanol–water partition coefficient (Wildman–Crippen LogP) is 2.60. The summed E-state index contributed by atoms with van der Waals surface area (Å²) in [5.41, 5.74) is 0.680. The molecule has 1 aliphatic heterocycles. The van der Waals surface area contributed by atoms with E-state index in [1.165, 1.54) is 7.11 Å². The number of thioether (sulfide) groups is 1. The fourth-order valence-corrected chi connectivity index (χ4v) is 2.97. The third kappa shape index (κ3) is 4.08. The number of ether oxygens (including phenoxy) is 2. The van der Waals surface area contributed by atoms with E-state index in [1.807, 2.05) is 6.92 Å². The van der Waals surface area contributed by atoms with Gasteiger partial charge in [-0.3, -0.25) is 19.3 Å². The van der Waals surface area contributed by atoms with Crippen molar-refractivity contribution in [3.05, 3.63) is 28.7 Å². The Morgan fingerprint density at radius 2 is 2.08 bits per heavy atom. The molecule has 0 unspecified atom stereocenters. The van der Waals surface area contributed by atoms with E-state index in [-0.39, 0.29) is 17.9 Å². The van der Waals surface area contributed by atoms with Gasteiger partial charge in [-0.2, -0.15) is 0 Å². The minimum Gasteiger partial charge on any atom is -0.493 e. The molecule has 0 spiro atoms. The number of benzene rings is 1. The summed E-state index contributed by atoms with van der Waals surface area (Å²) in [5, 5.41) is 8.21. The minimum atomic E-state index is -1.06. The molecule has 8 heteroatoms. The number of imide groups is 1. The average molecular weight is 351 g/mol. The van der Waals surface area contributed by atoms with Crippen LogP contribution in [0.3, 0.4) is 0 Å². The van der Waals surface area contributed by atoms with Gasteiger partial charge in [0.25, 0.3) is 11.1 Å². The lowest BCUT2D eigenvalue weighted by Gasteiger charge is -2.10. The first kappa shape index (κ1) is 17.9. The molecule has 0 aromatic heterocycles. The number of amides is 2. The summed E-state index contributed by atoms with van der Waals surface area (Å²) in [5.74, 6) is -0.434. The largest absolute Gasteiger partial charge is 0.493 e. The summed E-state index contributed by atoms with van der Waals surface area (Å²) < 4.78 is 10.7. The van der Waals surface area contributed by atoms with Crippen molar-refractivity contribution in [1.82, 2.24) is 4.90 Å². The van der Waals surface area contributed by atoms with Crippen molar-refractivity contribution in [3.63, 3.8) is 0 Å². The minimum absolute atomic E-state index is 0.135. The second-order valence-electron chi connectivity index (χ2n) is 4.82. The topological polar surface area (TPSA) is 93.1 Å². The van der Waals surface area contributed by atoms with E-state index in [0.717, 1.165) is 16.7 Å². The van der Waals surface area contributed by atoms with Crippen molar-refractivity contribution < 1.29 is 29.0 Å². The van der Waals surface area contributed by atoms with Crippen LogP contribution in [0.4, 0.5) is 4.79 Å². The Balaban J connectivity index is 2.20. The van der Waals surface area contributed by atoms with Crippen LogP contribution in [0.2, 0.25) is 0 Å². The number of aliphatic carboxylic acids is 1. The molecule has 1 heterocycles. The zero-order chi connectivity index (χ0) is 17.7. The third-order valence-corrected chi connectivity index (χ3v) is 4.12. The molecule has 7 nitrogen and oxygen atoms in total. The maximum atomic E-state index is 12.2. The van der Waals surface area contributed by atoms with Gasteiger partial charge in [-0.15, -0.1) is 0 Å². The molecule has 0 bridgehead atoms. The van der Waals surface area contributed by atoms with E-state index in [2.05, 4.69) is 0 Å². The Labute approximate surface area is 143 Å². The maximum Gasteiger partial charge on any atom is 0.305 e. The SMILES string of the molecule is CCOc1ccc(C=C2SC(=O)N(CCC(=O)O)C2=O)cc1OC. The van der Waals surface area contributed by atoms with E-state index >= 15 is 0 Å². The number of hydrogen-bond donors (Lipinski definition) is 1. The van der Waals surface area contributed by atoms with E-state index in [4.69, 9.17) is 14.6 Å². The van der Waals surface area contributed by atoms with Crippen LogP contribution in [0.5, 0.6) is 11.5 Å². The molecule has 24 heavy (non-hydrogen) atoms. The number of carboxylic acids is 1. The highest BCUT2D eigenvalue weighted by Gasteiger charge is 2.35. The zero-order valence-electron chi connectivity index (χ0n) is 13.3. The van der Waals surface area contributed by atoms with Gasteiger partial charge in [0.1, 0.15) is 0 Å². The Hall–Kier alpha value is -2.48. The molecular weight excluding hydrogens is 334 g/mol. The van der Waals surface area contributed by atoms with Crippen LogP contribution < -0.4 is 9.47 Å². The van der Waals surface area contributed by atoms with Gasteiger partial charge in [0.05, 0.1) is 25.0 Å². The molecule has 1 aromatic rings. The van der Waals surface area contributed by atoms with Gasteiger partial charge in [-0.05, 0) is 42.5 Å². The van der Waals surface area contributed by atoms with Gasteiger partial charge in [0, 0.05) is 6.54 Å². The van der Waals surface area contributed by atoms with Gasteiger partial charge in [-0.25, -0.2) is 0 Å². The van der Waals surface area contributed by atoms with Gasteiger partial charge >= 0.3 is 5.97 Å². The van der Waals surface area contributed by atoms with Gasteiger partial charge in [0.15, 0.2) is 11.5 Å². The Morgan fingerprint density at radius 3 is 2.71 bits per heavy atom. The van der Waals surface area contributed by atoms with Crippen LogP contribution in [0, 0.1) is 0 Å². The zero-order valence-corrected chi connectivity index (χ0v) is 14.1. The first-order valence-corrected chi connectivity index (χ1v) is 8.06. The van der Waals surface area contributed by atoms with Crippen molar-refractivity contribution in [1.29, 1.82) is 0 Å². The maximum absolute atomic E-state index is 12.2. The molecule has 0 aliphatic carbocycles. The quantitative estimate of drug-likeness (QED) is 0.755. The highest BCUT2D eigenvalue weighted by atomic mass is 32.2. The van der Waals surface area contributed by atoms with E-state index in [9.17, 15) is 14.4 Å². The monoisotopic (exact) mass is 351 g/mol. The number of hydrogen-bond acceptors (Lipinski definition) is 6. The summed E-state index contributed by atoms with van der Waals surface area (Å²) in [7, 11) is 1.52. The molecule has 2 amide bonds.